The van der Waals surface area contributed by atoms with Gasteiger partial charge >= 0.3 is 0 Å². The zero-order valence-corrected chi connectivity index (χ0v) is 21.1. The number of halogens is 2. The molecule has 5 atom stereocenters. The normalized spacial score (nSPS) is 26.2. The second-order valence-corrected chi connectivity index (χ2v) is 10.8. The third kappa shape index (κ3) is 4.48. The van der Waals surface area contributed by atoms with Gasteiger partial charge in [-0.1, -0.05) is 29.6 Å². The molecular weight excluding hydrogens is 507 g/mol. The maximum absolute atomic E-state index is 13.7. The number of aliphatic hydroxyl groups is 1. The Kier molecular flexibility index (Phi) is 6.98. The average molecular weight is 535 g/mol. The minimum absolute atomic E-state index is 0.0230. The average Bonchev–Trinajstić information content (AvgIpc) is 3.64. The second-order valence-electron chi connectivity index (χ2n) is 9.96. The molecule has 0 unspecified atom stereocenters. The van der Waals surface area contributed by atoms with Crippen LogP contribution >= 0.6 is 23.2 Å². The fraction of sp³-hybridized carbons (Fsp3) is 0.520. The minimum atomic E-state index is -1.00. The summed E-state index contributed by atoms with van der Waals surface area (Å²) in [6.45, 7) is 0.210. The van der Waals surface area contributed by atoms with E-state index < -0.39 is 36.3 Å². The van der Waals surface area contributed by atoms with Crippen molar-refractivity contribution in [3.05, 3.63) is 33.9 Å². The molecule has 1 aliphatic carbocycles. The van der Waals surface area contributed by atoms with Gasteiger partial charge in [-0.3, -0.25) is 19.2 Å². The highest BCUT2D eigenvalue weighted by Gasteiger charge is 2.50. The van der Waals surface area contributed by atoms with Crippen molar-refractivity contribution in [2.45, 2.75) is 44.2 Å². The number of fused-ring (bicyclic) bond motifs is 2. The molecule has 2 saturated heterocycles. The monoisotopic (exact) mass is 534 g/mol. The lowest BCUT2D eigenvalue weighted by atomic mass is 9.92. The van der Waals surface area contributed by atoms with E-state index in [1.165, 1.54) is 0 Å². The molecule has 3 amide bonds. The number of carbonyl (C=O) groups is 4. The Morgan fingerprint density at radius 2 is 1.94 bits per heavy atom. The third-order valence-electron chi connectivity index (χ3n) is 7.88. The number of likely N-dealkylation sites (tertiary alicyclic amines) is 1. The number of H-pyrrole nitrogens is 1. The highest BCUT2D eigenvalue weighted by molar-refractivity contribution is 6.40. The number of hydrogen-bond donors (Lipinski definition) is 4. The Hall–Kier alpha value is -2.62. The molecule has 0 bridgehead atoms. The molecule has 36 heavy (non-hydrogen) atoms. The lowest BCUT2D eigenvalue weighted by Crippen LogP contribution is -2.53. The van der Waals surface area contributed by atoms with Crippen molar-refractivity contribution >= 4 is 57.6 Å². The van der Waals surface area contributed by atoms with Crippen LogP contribution in [-0.2, 0) is 14.4 Å². The van der Waals surface area contributed by atoms with Crippen LogP contribution in [0.3, 0.4) is 0 Å². The van der Waals surface area contributed by atoms with Gasteiger partial charge in [0.05, 0.1) is 21.6 Å². The van der Waals surface area contributed by atoms with E-state index in [9.17, 15) is 24.3 Å². The molecule has 1 aromatic heterocycles. The van der Waals surface area contributed by atoms with Gasteiger partial charge in [0.15, 0.2) is 5.78 Å². The summed E-state index contributed by atoms with van der Waals surface area (Å²) < 4.78 is 0. The standard InChI is InChI=1S/C25H28Cl2N4O5/c26-16-4-5-17(27)21-15(16)9-19(29-21)25(36)31-10-13-2-1-3-14(13)22(31)24(35)30-18(20(33)11-32)8-12-6-7-28-23(12)34/h4-5,9,12-14,18,22,29,32H,1-3,6-8,10-11H2,(H,28,34)(H,30,35)/t12-,13-,14-,18-,22-/m0/s1. The molecule has 9 nitrogen and oxygen atoms in total. The van der Waals surface area contributed by atoms with Crippen molar-refractivity contribution in [1.29, 1.82) is 0 Å². The molecule has 2 aromatic rings. The van der Waals surface area contributed by atoms with Crippen molar-refractivity contribution in [1.82, 2.24) is 20.5 Å². The third-order valence-corrected chi connectivity index (χ3v) is 8.53. The van der Waals surface area contributed by atoms with Crippen LogP contribution < -0.4 is 10.6 Å². The van der Waals surface area contributed by atoms with Crippen LogP contribution in [0.15, 0.2) is 18.2 Å². The lowest BCUT2D eigenvalue weighted by Gasteiger charge is -2.29. The summed E-state index contributed by atoms with van der Waals surface area (Å²) in [6, 6.07) is 3.20. The molecule has 4 N–H and O–H groups in total. The first-order chi connectivity index (χ1) is 17.3. The van der Waals surface area contributed by atoms with E-state index in [0.29, 0.717) is 40.5 Å². The smallest absolute Gasteiger partial charge is 0.271 e. The molecule has 3 aliphatic rings. The van der Waals surface area contributed by atoms with E-state index in [4.69, 9.17) is 23.2 Å². The van der Waals surface area contributed by atoms with Crippen LogP contribution in [0.4, 0.5) is 0 Å². The largest absolute Gasteiger partial charge is 0.389 e. The summed E-state index contributed by atoms with van der Waals surface area (Å²) in [7, 11) is 0. The first-order valence-corrected chi connectivity index (χ1v) is 13.0. The number of carbonyl (C=O) groups excluding carboxylic acids is 4. The Morgan fingerprint density at radius 3 is 2.64 bits per heavy atom. The minimum Gasteiger partial charge on any atom is -0.389 e. The quantitative estimate of drug-likeness (QED) is 0.432. The van der Waals surface area contributed by atoms with E-state index in [1.807, 2.05) is 0 Å². The number of aromatic amines is 1. The van der Waals surface area contributed by atoms with Crippen LogP contribution in [0.25, 0.3) is 10.9 Å². The number of nitrogens with one attached hydrogen (secondary N) is 3. The van der Waals surface area contributed by atoms with E-state index >= 15 is 0 Å². The SMILES string of the molecule is O=C1NCC[C@H]1C[C@H](NC(=O)[C@@H]1[C@H]2CCC[C@H]2CN1C(=O)c1cc2c(Cl)ccc(Cl)c2[nH]1)C(=O)CO. The van der Waals surface area contributed by atoms with Crippen LogP contribution in [-0.4, -0.2) is 70.3 Å². The molecule has 1 aromatic carbocycles. The van der Waals surface area contributed by atoms with Gasteiger partial charge < -0.3 is 25.6 Å². The van der Waals surface area contributed by atoms with Gasteiger partial charge in [-0.15, -0.1) is 0 Å². The van der Waals surface area contributed by atoms with Gasteiger partial charge in [0.25, 0.3) is 5.91 Å². The van der Waals surface area contributed by atoms with Crippen LogP contribution in [0, 0.1) is 17.8 Å². The fourth-order valence-electron chi connectivity index (χ4n) is 6.06. The van der Waals surface area contributed by atoms with E-state index in [0.717, 1.165) is 19.3 Å². The first kappa shape index (κ1) is 25.0. The summed E-state index contributed by atoms with van der Waals surface area (Å²) in [5.74, 6) is -1.74. The summed E-state index contributed by atoms with van der Waals surface area (Å²) in [6.07, 6.45) is 3.38. The van der Waals surface area contributed by atoms with Crippen molar-refractivity contribution < 1.29 is 24.3 Å². The van der Waals surface area contributed by atoms with Crippen LogP contribution in [0.5, 0.6) is 0 Å². The highest BCUT2D eigenvalue weighted by Crippen LogP contribution is 2.43. The Morgan fingerprint density at radius 1 is 1.17 bits per heavy atom. The number of ketones is 1. The first-order valence-electron chi connectivity index (χ1n) is 12.3. The Balaban J connectivity index is 1.40. The predicted molar refractivity (Wildman–Crippen MR) is 134 cm³/mol. The summed E-state index contributed by atoms with van der Waals surface area (Å²) in [5, 5.41) is 16.5. The maximum atomic E-state index is 13.7. The van der Waals surface area contributed by atoms with Gasteiger partial charge in [0.2, 0.25) is 11.8 Å². The Labute approximate surface area is 217 Å². The lowest BCUT2D eigenvalue weighted by molar-refractivity contribution is -0.133. The highest BCUT2D eigenvalue weighted by atomic mass is 35.5. The number of amides is 3. The number of benzene rings is 1. The molecule has 1 saturated carbocycles. The van der Waals surface area contributed by atoms with Crippen molar-refractivity contribution in [2.75, 3.05) is 19.7 Å². The fourth-order valence-corrected chi connectivity index (χ4v) is 6.49. The van der Waals surface area contributed by atoms with Gasteiger partial charge in [0, 0.05) is 24.4 Å². The molecule has 5 rings (SSSR count). The van der Waals surface area contributed by atoms with Gasteiger partial charge in [-0.25, -0.2) is 0 Å². The zero-order valence-electron chi connectivity index (χ0n) is 19.6. The maximum Gasteiger partial charge on any atom is 0.271 e. The molecule has 2 aliphatic heterocycles. The summed E-state index contributed by atoms with van der Waals surface area (Å²) in [4.78, 5) is 56.4. The van der Waals surface area contributed by atoms with Gasteiger partial charge in [-0.2, -0.15) is 0 Å². The number of aliphatic hydroxyl groups excluding tert-OH is 1. The zero-order chi connectivity index (χ0) is 25.6. The molecule has 192 valence electrons. The van der Waals surface area contributed by atoms with E-state index in [1.54, 1.807) is 23.1 Å². The number of aromatic nitrogens is 1. The number of rotatable bonds is 7. The molecule has 3 fully saturated rings. The van der Waals surface area contributed by atoms with Crippen LogP contribution in [0.1, 0.15) is 42.6 Å². The second kappa shape index (κ2) is 10.0. The van der Waals surface area contributed by atoms with Crippen molar-refractivity contribution in [3.8, 4) is 0 Å². The predicted octanol–water partition coefficient (Wildman–Crippen LogP) is 2.29. The molecule has 0 spiro atoms. The molecular formula is C25H28Cl2N4O5. The topological polar surface area (TPSA) is 132 Å². The van der Waals surface area contributed by atoms with Crippen molar-refractivity contribution in [3.63, 3.8) is 0 Å². The Bertz CT molecular complexity index is 1190. The van der Waals surface area contributed by atoms with Gasteiger partial charge in [-0.05, 0) is 55.7 Å². The number of hydrogen-bond acceptors (Lipinski definition) is 5. The number of nitrogens with zero attached hydrogens (tertiary/aromatic N) is 1. The number of Topliss-reactive ketones (excluding diaryl/α,β-unsaturated/α-hetero) is 1. The molecule has 3 heterocycles. The summed E-state index contributed by atoms with van der Waals surface area (Å²) in [5.41, 5.74) is 0.833. The summed E-state index contributed by atoms with van der Waals surface area (Å²) >= 11 is 12.6. The van der Waals surface area contributed by atoms with Gasteiger partial charge in [0.1, 0.15) is 18.3 Å². The molecule has 11 heteroatoms. The van der Waals surface area contributed by atoms with E-state index in [2.05, 4.69) is 15.6 Å². The van der Waals surface area contributed by atoms with Crippen LogP contribution in [0.2, 0.25) is 10.0 Å². The van der Waals surface area contributed by atoms with E-state index in [-0.39, 0.29) is 35.8 Å². The molecule has 0 radical (unpaired) electrons. The van der Waals surface area contributed by atoms with Crippen molar-refractivity contribution in [2.24, 2.45) is 17.8 Å².